The van der Waals surface area contributed by atoms with Crippen LogP contribution in [-0.4, -0.2) is 35.9 Å². The first-order chi connectivity index (χ1) is 9.63. The van der Waals surface area contributed by atoms with Gasteiger partial charge < -0.3 is 9.63 Å². The predicted octanol–water partition coefficient (Wildman–Crippen LogP) is 1.71. The molecule has 112 valence electrons. The number of nitrogens with zero attached hydrogens (tertiary/aromatic N) is 2. The molecule has 0 aliphatic carbocycles. The Morgan fingerprint density at radius 1 is 1.33 bits per heavy atom. The fourth-order valence-electron chi connectivity index (χ4n) is 1.54. The van der Waals surface area contributed by atoms with Crippen molar-refractivity contribution >= 4 is 15.8 Å². The van der Waals surface area contributed by atoms with Crippen LogP contribution in [0.3, 0.4) is 0 Å². The van der Waals surface area contributed by atoms with E-state index in [-0.39, 0.29) is 17.3 Å². The van der Waals surface area contributed by atoms with E-state index in [0.29, 0.717) is 5.56 Å². The van der Waals surface area contributed by atoms with Crippen LogP contribution in [-0.2, 0) is 14.6 Å². The number of rotatable bonds is 4. The fraction of sp³-hybridized carbons (Fsp3) is 0.308. The Kier molecular flexibility index (Phi) is 3.58. The number of carbonyl (C=O) groups is 1. The Hall–Kier alpha value is -2.22. The molecule has 0 aliphatic heterocycles. The molecule has 0 atom stereocenters. The third-order valence-electron chi connectivity index (χ3n) is 3.24. The first kappa shape index (κ1) is 15.2. The third-order valence-corrected chi connectivity index (χ3v) is 5.26. The lowest BCUT2D eigenvalue weighted by Crippen LogP contribution is -2.28. The van der Waals surface area contributed by atoms with Crippen LogP contribution in [0.15, 0.2) is 28.8 Å². The molecule has 2 aromatic rings. The van der Waals surface area contributed by atoms with Crippen molar-refractivity contribution in [1.82, 2.24) is 10.1 Å². The fourth-order valence-corrected chi connectivity index (χ4v) is 1.94. The summed E-state index contributed by atoms with van der Waals surface area (Å²) in [5.41, 5.74) is 0.524. The molecule has 0 spiro atoms. The van der Waals surface area contributed by atoms with Gasteiger partial charge in [0.1, 0.15) is 4.75 Å². The van der Waals surface area contributed by atoms with Crippen LogP contribution in [0.2, 0.25) is 0 Å². The van der Waals surface area contributed by atoms with Crippen LogP contribution < -0.4 is 0 Å². The number of aromatic nitrogens is 2. The topological polar surface area (TPSA) is 110 Å². The van der Waals surface area contributed by atoms with E-state index in [4.69, 9.17) is 9.63 Å². The van der Waals surface area contributed by atoms with Gasteiger partial charge in [0, 0.05) is 11.8 Å². The second-order valence-electron chi connectivity index (χ2n) is 5.09. The second-order valence-corrected chi connectivity index (χ2v) is 7.66. The van der Waals surface area contributed by atoms with Crippen molar-refractivity contribution in [2.45, 2.75) is 18.6 Å². The molecule has 7 nitrogen and oxygen atoms in total. The van der Waals surface area contributed by atoms with Crippen molar-refractivity contribution in [2.75, 3.05) is 6.26 Å². The van der Waals surface area contributed by atoms with Crippen LogP contribution in [0.1, 0.15) is 30.1 Å². The molecule has 1 aromatic carbocycles. The normalized spacial score (nSPS) is 12.3. The summed E-state index contributed by atoms with van der Waals surface area (Å²) in [5, 5.41) is 12.7. The molecule has 0 unspecified atom stereocenters. The minimum Gasteiger partial charge on any atom is -0.478 e. The van der Waals surface area contributed by atoms with E-state index >= 15 is 0 Å². The van der Waals surface area contributed by atoms with Crippen LogP contribution in [0.5, 0.6) is 0 Å². The summed E-state index contributed by atoms with van der Waals surface area (Å²) in [5.74, 6) is -0.970. The first-order valence-corrected chi connectivity index (χ1v) is 7.89. The summed E-state index contributed by atoms with van der Waals surface area (Å²) >= 11 is 0. The highest BCUT2D eigenvalue weighted by atomic mass is 32.2. The number of sulfone groups is 1. The smallest absolute Gasteiger partial charge is 0.335 e. The lowest BCUT2D eigenvalue weighted by molar-refractivity contribution is 0.0697. The summed E-state index contributed by atoms with van der Waals surface area (Å²) in [7, 11) is -3.44. The van der Waals surface area contributed by atoms with E-state index in [0.717, 1.165) is 6.26 Å². The van der Waals surface area contributed by atoms with Crippen molar-refractivity contribution in [3.8, 4) is 11.4 Å². The molecule has 0 aliphatic rings. The average molecular weight is 310 g/mol. The maximum Gasteiger partial charge on any atom is 0.335 e. The minimum absolute atomic E-state index is 0.0410. The summed E-state index contributed by atoms with van der Waals surface area (Å²) in [6.45, 7) is 2.93. The third kappa shape index (κ3) is 2.80. The minimum atomic E-state index is -3.44. The largest absolute Gasteiger partial charge is 0.478 e. The molecule has 0 fully saturated rings. The average Bonchev–Trinajstić information content (AvgIpc) is 2.87. The number of carboxylic acid groups (broad SMARTS) is 1. The standard InChI is InChI=1S/C13H14N2O5S/c1-13(2,21(3,18)19)12-14-10(15-20-12)8-5-4-6-9(7-8)11(16)17/h4-7H,1-3H3,(H,16,17). The van der Waals surface area contributed by atoms with Crippen molar-refractivity contribution in [3.63, 3.8) is 0 Å². The maximum absolute atomic E-state index is 11.7. The lowest BCUT2D eigenvalue weighted by Gasteiger charge is -2.16. The van der Waals surface area contributed by atoms with Crippen LogP contribution in [0.25, 0.3) is 11.4 Å². The zero-order valence-electron chi connectivity index (χ0n) is 11.7. The Morgan fingerprint density at radius 3 is 2.57 bits per heavy atom. The first-order valence-electron chi connectivity index (χ1n) is 6.00. The zero-order valence-corrected chi connectivity index (χ0v) is 12.5. The summed E-state index contributed by atoms with van der Waals surface area (Å²) < 4.78 is 27.2. The van der Waals surface area contributed by atoms with E-state index in [9.17, 15) is 13.2 Å². The van der Waals surface area contributed by atoms with E-state index in [1.54, 1.807) is 12.1 Å². The van der Waals surface area contributed by atoms with Crippen molar-refractivity contribution < 1.29 is 22.8 Å². The van der Waals surface area contributed by atoms with Gasteiger partial charge in [0.25, 0.3) is 0 Å². The highest BCUT2D eigenvalue weighted by Crippen LogP contribution is 2.29. The van der Waals surface area contributed by atoms with E-state index in [1.165, 1.54) is 26.0 Å². The number of aromatic carboxylic acids is 1. The van der Waals surface area contributed by atoms with Gasteiger partial charge in [0.2, 0.25) is 11.7 Å². The van der Waals surface area contributed by atoms with Gasteiger partial charge in [-0.1, -0.05) is 17.3 Å². The summed E-state index contributed by atoms with van der Waals surface area (Å²) in [6, 6.07) is 6.00. The summed E-state index contributed by atoms with van der Waals surface area (Å²) in [4.78, 5) is 15.0. The number of hydrogen-bond acceptors (Lipinski definition) is 6. The van der Waals surface area contributed by atoms with Gasteiger partial charge in [-0.2, -0.15) is 4.98 Å². The molecule has 0 saturated carbocycles. The Balaban J connectivity index is 2.46. The molecule has 1 N–H and O–H groups in total. The SMILES string of the molecule is CC(C)(c1nc(-c2cccc(C(=O)O)c2)no1)S(C)(=O)=O. The Bertz CT molecular complexity index is 792. The number of hydrogen-bond donors (Lipinski definition) is 1. The Labute approximate surface area is 121 Å². The lowest BCUT2D eigenvalue weighted by atomic mass is 10.1. The van der Waals surface area contributed by atoms with Gasteiger partial charge in [-0.05, 0) is 26.0 Å². The van der Waals surface area contributed by atoms with Crippen molar-refractivity contribution in [1.29, 1.82) is 0 Å². The highest BCUT2D eigenvalue weighted by Gasteiger charge is 2.38. The quantitative estimate of drug-likeness (QED) is 0.915. The van der Waals surface area contributed by atoms with Crippen LogP contribution in [0, 0.1) is 0 Å². The number of carboxylic acids is 1. The van der Waals surface area contributed by atoms with Gasteiger partial charge >= 0.3 is 5.97 Å². The molecule has 0 amide bonds. The van der Waals surface area contributed by atoms with Gasteiger partial charge in [0.05, 0.1) is 5.56 Å². The van der Waals surface area contributed by atoms with Crippen molar-refractivity contribution in [2.24, 2.45) is 0 Å². The molecular weight excluding hydrogens is 296 g/mol. The molecule has 1 heterocycles. The maximum atomic E-state index is 11.7. The predicted molar refractivity (Wildman–Crippen MR) is 74.6 cm³/mol. The number of benzene rings is 1. The molecule has 8 heteroatoms. The van der Waals surface area contributed by atoms with Gasteiger partial charge in [0.15, 0.2) is 9.84 Å². The second kappa shape index (κ2) is 4.96. The van der Waals surface area contributed by atoms with E-state index in [1.807, 2.05) is 0 Å². The highest BCUT2D eigenvalue weighted by molar-refractivity contribution is 7.91. The van der Waals surface area contributed by atoms with E-state index < -0.39 is 20.6 Å². The van der Waals surface area contributed by atoms with Crippen molar-refractivity contribution in [3.05, 3.63) is 35.7 Å². The molecule has 0 bridgehead atoms. The molecular formula is C13H14N2O5S. The Morgan fingerprint density at radius 2 is 2.00 bits per heavy atom. The molecule has 0 saturated heterocycles. The van der Waals surface area contributed by atoms with Crippen LogP contribution >= 0.6 is 0 Å². The zero-order chi connectivity index (χ0) is 15.8. The van der Waals surface area contributed by atoms with Gasteiger partial charge in [-0.3, -0.25) is 0 Å². The van der Waals surface area contributed by atoms with Crippen LogP contribution in [0.4, 0.5) is 0 Å². The van der Waals surface area contributed by atoms with Gasteiger partial charge in [-0.15, -0.1) is 0 Å². The molecule has 1 aromatic heterocycles. The molecule has 21 heavy (non-hydrogen) atoms. The summed E-state index contributed by atoms with van der Waals surface area (Å²) in [6.07, 6.45) is 1.09. The van der Waals surface area contributed by atoms with Gasteiger partial charge in [-0.25, -0.2) is 13.2 Å². The molecule has 2 rings (SSSR count). The monoisotopic (exact) mass is 310 g/mol. The molecule has 0 radical (unpaired) electrons. The van der Waals surface area contributed by atoms with E-state index in [2.05, 4.69) is 10.1 Å².